The molecule has 74 heavy (non-hydrogen) atoms. The van der Waals surface area contributed by atoms with Crippen LogP contribution in [0.1, 0.15) is 73.1 Å². The van der Waals surface area contributed by atoms with Crippen LogP contribution in [0.25, 0.3) is 0 Å². The van der Waals surface area contributed by atoms with Crippen LogP contribution in [-0.4, -0.2) is 134 Å². The molecule has 2 N–H and O–H groups in total. The van der Waals surface area contributed by atoms with E-state index in [0.717, 1.165) is 0 Å². The molecule has 8 rings (SSSR count). The van der Waals surface area contributed by atoms with Crippen molar-refractivity contribution in [2.75, 3.05) is 31.3 Å². The lowest BCUT2D eigenvalue weighted by molar-refractivity contribution is -0.377. The van der Waals surface area contributed by atoms with Crippen molar-refractivity contribution < 1.29 is 81.2 Å². The van der Waals surface area contributed by atoms with Gasteiger partial charge < -0.3 is 57.8 Å². The summed E-state index contributed by atoms with van der Waals surface area (Å²) in [5.41, 5.74) is 1.13. The number of carbonyl (C=O) groups is 6. The third-order valence-electron chi connectivity index (χ3n) is 12.0. The second-order valence-corrected chi connectivity index (χ2v) is 18.5. The quantitative estimate of drug-likeness (QED) is 0.0449. The Hall–Kier alpha value is -6.97. The minimum atomic E-state index is -1.80. The highest BCUT2D eigenvalue weighted by Gasteiger charge is 2.58. The number of hydrogen-bond acceptors (Lipinski definition) is 17. The number of ether oxygens (including phenoxy) is 10. The minimum Gasteiger partial charge on any atom is -0.481 e. The van der Waals surface area contributed by atoms with E-state index in [1.807, 2.05) is 30.3 Å². The van der Waals surface area contributed by atoms with Crippen LogP contribution in [0, 0.1) is 0 Å². The Bertz CT molecular complexity index is 2630. The van der Waals surface area contributed by atoms with E-state index in [2.05, 4.69) is 5.32 Å². The summed E-state index contributed by atoms with van der Waals surface area (Å²) in [6, 6.07) is 39.9. The largest absolute Gasteiger partial charge is 0.481 e. The number of esters is 4. The predicted octanol–water partition coefficient (Wildman–Crippen LogP) is 6.59. The molecule has 3 fully saturated rings. The highest BCUT2D eigenvalue weighted by atomic mass is 32.2. The van der Waals surface area contributed by atoms with Crippen LogP contribution in [-0.2, 0) is 57.0 Å². The monoisotopic (exact) mass is 1030 g/mol. The van der Waals surface area contributed by atoms with Crippen molar-refractivity contribution >= 4 is 47.5 Å². The van der Waals surface area contributed by atoms with Crippen molar-refractivity contribution in [3.8, 4) is 0 Å². The summed E-state index contributed by atoms with van der Waals surface area (Å²) in [7, 11) is 0. The van der Waals surface area contributed by atoms with E-state index in [4.69, 9.17) is 52.5 Å². The van der Waals surface area contributed by atoms with E-state index in [0.29, 0.717) is 23.5 Å². The average molecular weight is 1030 g/mol. The maximum absolute atomic E-state index is 14.4. The molecular formula is C55H55NO17S. The maximum atomic E-state index is 14.4. The van der Waals surface area contributed by atoms with E-state index in [1.54, 1.807) is 84.9 Å². The first kappa shape index (κ1) is 53.3. The van der Waals surface area contributed by atoms with Gasteiger partial charge in [-0.3, -0.25) is 9.59 Å². The van der Waals surface area contributed by atoms with Gasteiger partial charge in [-0.1, -0.05) is 103 Å². The molecule has 19 heteroatoms. The molecule has 11 unspecified atom stereocenters. The van der Waals surface area contributed by atoms with Gasteiger partial charge in [0.25, 0.3) is 0 Å². The number of fused-ring (bicyclic) bond motifs is 1. The number of carboxylic acid groups (broad SMARTS) is 1. The molecule has 3 aliphatic rings. The Morgan fingerprint density at radius 1 is 0.595 bits per heavy atom. The van der Waals surface area contributed by atoms with E-state index < -0.39 is 110 Å². The van der Waals surface area contributed by atoms with Gasteiger partial charge in [0.1, 0.15) is 37.1 Å². The molecule has 0 spiro atoms. The fourth-order valence-corrected chi connectivity index (χ4v) is 9.30. The molecule has 0 bridgehead atoms. The molecule has 5 aromatic rings. The molecule has 5 aromatic carbocycles. The molecule has 0 aliphatic carbocycles. The highest BCUT2D eigenvalue weighted by Crippen LogP contribution is 2.39. The van der Waals surface area contributed by atoms with Crippen molar-refractivity contribution in [3.63, 3.8) is 0 Å². The van der Waals surface area contributed by atoms with Gasteiger partial charge >= 0.3 is 29.8 Å². The van der Waals surface area contributed by atoms with Crippen LogP contribution in [0.3, 0.4) is 0 Å². The number of benzene rings is 5. The Balaban J connectivity index is 1.21. The summed E-state index contributed by atoms with van der Waals surface area (Å²) in [4.78, 5) is 80.8. The number of carboxylic acids is 1. The fourth-order valence-electron chi connectivity index (χ4n) is 8.46. The number of aliphatic carboxylic acids is 1. The van der Waals surface area contributed by atoms with Crippen LogP contribution in [0.5, 0.6) is 0 Å². The molecular weight excluding hydrogens is 979 g/mol. The molecule has 3 aliphatic heterocycles. The van der Waals surface area contributed by atoms with E-state index >= 15 is 0 Å². The first-order chi connectivity index (χ1) is 36.0. The van der Waals surface area contributed by atoms with Crippen LogP contribution in [0.4, 0.5) is 0 Å². The molecule has 388 valence electrons. The van der Waals surface area contributed by atoms with Crippen LogP contribution < -0.4 is 5.32 Å². The number of amides is 1. The predicted molar refractivity (Wildman–Crippen MR) is 264 cm³/mol. The zero-order chi connectivity index (χ0) is 51.8. The van der Waals surface area contributed by atoms with Crippen LogP contribution in [0.15, 0.2) is 152 Å². The first-order valence-corrected chi connectivity index (χ1v) is 25.1. The number of carbonyl (C=O) groups excluding carboxylic acids is 5. The number of hydrogen-bond donors (Lipinski definition) is 2. The second-order valence-electron chi connectivity index (χ2n) is 17.2. The Labute approximate surface area is 430 Å². The summed E-state index contributed by atoms with van der Waals surface area (Å²) in [5.74, 6) is -3.93. The summed E-state index contributed by atoms with van der Waals surface area (Å²) < 4.78 is 64.2. The van der Waals surface area contributed by atoms with Crippen molar-refractivity contribution in [3.05, 3.63) is 179 Å². The lowest BCUT2D eigenvalue weighted by Crippen LogP contribution is -2.70. The SMILES string of the molecule is CC(=O)NC1C(OCCCSCCC(=O)O)OC2COC(c3ccccc3)OC2C1OC1OC(COC(=O)c2ccccc2)C(OC(=O)c2ccccc2)C(OC(=O)c2ccccc2)C1OC(=O)c1ccccc1. The zero-order valence-corrected chi connectivity index (χ0v) is 40.9. The molecule has 0 saturated carbocycles. The van der Waals surface area contributed by atoms with Gasteiger partial charge in [-0.15, -0.1) is 0 Å². The van der Waals surface area contributed by atoms with Gasteiger partial charge in [0.2, 0.25) is 5.91 Å². The summed E-state index contributed by atoms with van der Waals surface area (Å²) in [6.45, 7) is 0.731. The summed E-state index contributed by atoms with van der Waals surface area (Å²) in [5, 5.41) is 12.0. The standard InChI is InChI=1S/C55H55NO17S/c1-34(57)56-43-46(44-41(33-66-53(72-44)39-26-15-6-16-27-39)67-54(43)64-29-17-30-74-31-28-42(58)59)73-55-48(71-52(63)38-24-13-5-14-25-38)47(70-51(62)37-22-11-4-12-23-37)45(69-50(61)36-20-9-3-10-21-36)40(68-55)32-65-49(60)35-18-7-2-8-19-35/h2-16,18-27,40-41,43-48,53-55H,17,28-33H2,1H3,(H,56,57)(H,58,59). The number of thioether (sulfide) groups is 1. The van der Waals surface area contributed by atoms with Crippen LogP contribution >= 0.6 is 11.8 Å². The van der Waals surface area contributed by atoms with Gasteiger partial charge in [-0.05, 0) is 60.7 Å². The molecule has 1 amide bonds. The lowest BCUT2D eigenvalue weighted by atomic mass is 9.94. The van der Waals surface area contributed by atoms with Crippen LogP contribution in [0.2, 0.25) is 0 Å². The minimum absolute atomic E-state index is 0.00233. The molecule has 0 radical (unpaired) electrons. The number of nitrogens with one attached hydrogen (secondary N) is 1. The zero-order valence-electron chi connectivity index (χ0n) is 40.1. The van der Waals surface area contributed by atoms with Gasteiger partial charge in [-0.2, -0.15) is 11.8 Å². The van der Waals surface area contributed by atoms with E-state index in [-0.39, 0.29) is 41.9 Å². The third-order valence-corrected chi connectivity index (χ3v) is 13.1. The van der Waals surface area contributed by atoms with Gasteiger partial charge in [-0.25, -0.2) is 19.2 Å². The van der Waals surface area contributed by atoms with Crippen molar-refractivity contribution in [1.82, 2.24) is 5.32 Å². The third kappa shape index (κ3) is 14.2. The Kier molecular flexibility index (Phi) is 19.0. The van der Waals surface area contributed by atoms with Gasteiger partial charge in [0.05, 0.1) is 41.9 Å². The molecule has 3 heterocycles. The second kappa shape index (κ2) is 26.3. The van der Waals surface area contributed by atoms with Gasteiger partial charge in [0.15, 0.2) is 37.2 Å². The summed E-state index contributed by atoms with van der Waals surface area (Å²) >= 11 is 1.44. The summed E-state index contributed by atoms with van der Waals surface area (Å²) in [6.07, 6.45) is -13.5. The number of rotatable bonds is 21. The van der Waals surface area contributed by atoms with Crippen molar-refractivity contribution in [2.45, 2.75) is 87.4 Å². The van der Waals surface area contributed by atoms with Crippen molar-refractivity contribution in [2.24, 2.45) is 0 Å². The topological polar surface area (TPSA) is 227 Å². The Morgan fingerprint density at radius 3 is 1.65 bits per heavy atom. The molecule has 0 aromatic heterocycles. The molecule has 11 atom stereocenters. The molecule has 3 saturated heterocycles. The Morgan fingerprint density at radius 2 is 1.11 bits per heavy atom. The van der Waals surface area contributed by atoms with E-state index in [1.165, 1.54) is 55.1 Å². The lowest BCUT2D eigenvalue weighted by Gasteiger charge is -2.51. The normalized spacial score (nSPS) is 25.3. The maximum Gasteiger partial charge on any atom is 0.338 e. The van der Waals surface area contributed by atoms with Crippen molar-refractivity contribution in [1.29, 1.82) is 0 Å². The first-order valence-electron chi connectivity index (χ1n) is 24.0. The van der Waals surface area contributed by atoms with E-state index in [9.17, 15) is 28.8 Å². The smallest absolute Gasteiger partial charge is 0.338 e. The highest BCUT2D eigenvalue weighted by molar-refractivity contribution is 7.99. The average Bonchev–Trinajstić information content (AvgIpc) is 3.43. The molecule has 18 nitrogen and oxygen atoms in total. The van der Waals surface area contributed by atoms with Gasteiger partial charge in [0, 0.05) is 18.2 Å². The fraction of sp³-hybridized carbons (Fsp3) is 0.345.